The lowest BCUT2D eigenvalue weighted by molar-refractivity contribution is -0.274. The highest BCUT2D eigenvalue weighted by Gasteiger charge is 2.31. The number of halogens is 4. The number of benzene rings is 1. The molecule has 1 aromatic carbocycles. The summed E-state index contributed by atoms with van der Waals surface area (Å²) in [5, 5.41) is 3.54. The van der Waals surface area contributed by atoms with Gasteiger partial charge in [-0.1, -0.05) is 15.9 Å². The molecule has 0 bridgehead atoms. The maximum Gasteiger partial charge on any atom is 0.573 e. The van der Waals surface area contributed by atoms with Gasteiger partial charge in [-0.2, -0.15) is 0 Å². The zero-order valence-electron chi connectivity index (χ0n) is 11.1. The van der Waals surface area contributed by atoms with Crippen molar-refractivity contribution in [1.29, 1.82) is 0 Å². The Balaban J connectivity index is 2.71. The summed E-state index contributed by atoms with van der Waals surface area (Å²) < 4.78 is 39.7. The van der Waals surface area contributed by atoms with Gasteiger partial charge in [-0.05, 0) is 44.5 Å². The number of hydrogen-bond donors (Lipinski definition) is 1. The van der Waals surface area contributed by atoms with Crippen LogP contribution >= 0.6 is 15.9 Å². The first-order valence-electron chi connectivity index (χ1n) is 5.87. The first-order chi connectivity index (χ1) is 9.13. The van der Waals surface area contributed by atoms with Gasteiger partial charge in [0.05, 0.1) is 0 Å². The van der Waals surface area contributed by atoms with Gasteiger partial charge >= 0.3 is 6.36 Å². The Hall–Kier alpha value is -1.24. The van der Waals surface area contributed by atoms with Crippen molar-refractivity contribution in [2.24, 2.45) is 0 Å². The van der Waals surface area contributed by atoms with E-state index < -0.39 is 11.9 Å². The second-order valence-corrected chi connectivity index (χ2v) is 5.64. The molecule has 7 heteroatoms. The average molecular weight is 354 g/mol. The van der Waals surface area contributed by atoms with Crippen LogP contribution in [0, 0.1) is 0 Å². The van der Waals surface area contributed by atoms with Crippen molar-refractivity contribution in [3.63, 3.8) is 0 Å². The van der Waals surface area contributed by atoms with Crippen LogP contribution in [0.5, 0.6) is 5.75 Å². The number of alkyl halides is 4. The quantitative estimate of drug-likeness (QED) is 0.815. The molecule has 1 rings (SSSR count). The van der Waals surface area contributed by atoms with Gasteiger partial charge in [0, 0.05) is 16.4 Å². The molecule has 0 radical (unpaired) electrons. The van der Waals surface area contributed by atoms with Crippen molar-refractivity contribution in [3.05, 3.63) is 29.8 Å². The predicted molar refractivity (Wildman–Crippen MR) is 73.1 cm³/mol. The minimum atomic E-state index is -4.73. The predicted octanol–water partition coefficient (Wildman–Crippen LogP) is 3.88. The topological polar surface area (TPSA) is 38.3 Å². The molecule has 0 saturated carbocycles. The summed E-state index contributed by atoms with van der Waals surface area (Å²) in [5.74, 6) is -0.691. The molecule has 0 aromatic heterocycles. The second-order valence-electron chi connectivity index (χ2n) is 4.85. The van der Waals surface area contributed by atoms with E-state index in [2.05, 4.69) is 26.0 Å². The van der Waals surface area contributed by atoms with E-state index in [1.165, 1.54) is 12.1 Å². The Bertz CT molecular complexity index is 458. The Morgan fingerprint density at radius 2 is 1.80 bits per heavy atom. The smallest absolute Gasteiger partial charge is 0.406 e. The molecule has 112 valence electrons. The van der Waals surface area contributed by atoms with Crippen LogP contribution in [-0.4, -0.2) is 23.1 Å². The molecular formula is C13H15BrF3NO2. The summed E-state index contributed by atoms with van der Waals surface area (Å²) in [6.45, 7) is 3.74. The van der Waals surface area contributed by atoms with Gasteiger partial charge in [0.1, 0.15) is 5.75 Å². The van der Waals surface area contributed by atoms with E-state index >= 15 is 0 Å². The van der Waals surface area contributed by atoms with Gasteiger partial charge in [-0.25, -0.2) is 0 Å². The maximum atomic E-state index is 12.0. The Morgan fingerprint density at radius 3 is 2.25 bits per heavy atom. The molecule has 3 nitrogen and oxygen atoms in total. The fourth-order valence-electron chi connectivity index (χ4n) is 1.49. The third-order valence-corrected chi connectivity index (χ3v) is 2.92. The lowest BCUT2D eigenvalue weighted by Crippen LogP contribution is -2.43. The molecule has 0 aliphatic heterocycles. The molecule has 0 saturated heterocycles. The molecule has 1 amide bonds. The Labute approximate surface area is 123 Å². The average Bonchev–Trinajstić information content (AvgIpc) is 2.26. The standard InChI is InChI=1S/C13H15BrF3NO2/c1-12(2,7-8-14)18-11(19)9-3-5-10(6-4-9)20-13(15,16)17/h3-6H,7-8H2,1-2H3,(H,18,19). The number of ether oxygens (including phenoxy) is 1. The normalized spacial score (nSPS) is 12.1. The number of hydrogen-bond acceptors (Lipinski definition) is 2. The minimum Gasteiger partial charge on any atom is -0.406 e. The molecule has 1 aromatic rings. The van der Waals surface area contributed by atoms with E-state index in [4.69, 9.17) is 0 Å². The van der Waals surface area contributed by atoms with Gasteiger partial charge in [0.25, 0.3) is 5.91 Å². The van der Waals surface area contributed by atoms with Crippen LogP contribution in [0.15, 0.2) is 24.3 Å². The Kier molecular flexibility index (Phi) is 5.44. The van der Waals surface area contributed by atoms with Crippen LogP contribution in [0.4, 0.5) is 13.2 Å². The largest absolute Gasteiger partial charge is 0.573 e. The van der Waals surface area contributed by atoms with Crippen LogP contribution < -0.4 is 10.1 Å². The number of carbonyl (C=O) groups excluding carboxylic acids is 1. The van der Waals surface area contributed by atoms with Crippen LogP contribution in [0.1, 0.15) is 30.6 Å². The van der Waals surface area contributed by atoms with Crippen molar-refractivity contribution in [2.45, 2.75) is 32.2 Å². The van der Waals surface area contributed by atoms with Gasteiger partial charge in [0.2, 0.25) is 0 Å². The third-order valence-electron chi connectivity index (χ3n) is 2.52. The Morgan fingerprint density at radius 1 is 1.25 bits per heavy atom. The monoisotopic (exact) mass is 353 g/mol. The minimum absolute atomic E-state index is 0.280. The SMILES string of the molecule is CC(C)(CCBr)NC(=O)c1ccc(OC(F)(F)F)cc1. The van der Waals surface area contributed by atoms with Crippen LogP contribution in [-0.2, 0) is 0 Å². The molecule has 0 atom stereocenters. The van der Waals surface area contributed by atoms with Crippen molar-refractivity contribution >= 4 is 21.8 Å². The van der Waals surface area contributed by atoms with E-state index in [1.54, 1.807) is 0 Å². The van der Waals surface area contributed by atoms with E-state index in [1.807, 2.05) is 13.8 Å². The van der Waals surface area contributed by atoms with Gasteiger partial charge < -0.3 is 10.1 Å². The highest BCUT2D eigenvalue weighted by Crippen LogP contribution is 2.23. The fraction of sp³-hybridized carbons (Fsp3) is 0.462. The van der Waals surface area contributed by atoms with Gasteiger partial charge in [0.15, 0.2) is 0 Å². The molecular weight excluding hydrogens is 339 g/mol. The first-order valence-corrected chi connectivity index (χ1v) is 6.99. The molecule has 0 heterocycles. The number of carbonyl (C=O) groups is 1. The molecule has 0 spiro atoms. The third kappa shape index (κ3) is 5.81. The molecule has 0 aliphatic rings. The van der Waals surface area contributed by atoms with E-state index in [9.17, 15) is 18.0 Å². The zero-order valence-corrected chi connectivity index (χ0v) is 12.6. The zero-order chi connectivity index (χ0) is 15.4. The summed E-state index contributed by atoms with van der Waals surface area (Å²) in [6.07, 6.45) is -4.00. The van der Waals surface area contributed by atoms with E-state index in [0.29, 0.717) is 0 Å². The second kappa shape index (κ2) is 6.47. The number of nitrogens with one attached hydrogen (secondary N) is 1. The van der Waals surface area contributed by atoms with Crippen molar-refractivity contribution in [3.8, 4) is 5.75 Å². The summed E-state index contributed by atoms with van der Waals surface area (Å²) >= 11 is 3.29. The number of rotatable bonds is 5. The molecule has 0 fully saturated rings. The molecule has 1 N–H and O–H groups in total. The number of amides is 1. The van der Waals surface area contributed by atoms with Crippen LogP contribution in [0.2, 0.25) is 0 Å². The summed E-state index contributed by atoms with van der Waals surface area (Å²) in [5.41, 5.74) is -0.121. The van der Waals surface area contributed by atoms with Crippen LogP contribution in [0.25, 0.3) is 0 Å². The first kappa shape index (κ1) is 16.8. The van der Waals surface area contributed by atoms with Crippen molar-refractivity contribution in [1.82, 2.24) is 5.32 Å². The summed E-state index contributed by atoms with van der Waals surface area (Å²) in [7, 11) is 0. The van der Waals surface area contributed by atoms with Crippen LogP contribution in [0.3, 0.4) is 0 Å². The summed E-state index contributed by atoms with van der Waals surface area (Å²) in [6, 6.07) is 4.81. The van der Waals surface area contributed by atoms with Gasteiger partial charge in [-0.3, -0.25) is 4.79 Å². The maximum absolute atomic E-state index is 12.0. The van der Waals surface area contributed by atoms with Gasteiger partial charge in [-0.15, -0.1) is 13.2 Å². The molecule has 0 unspecified atom stereocenters. The summed E-state index contributed by atoms with van der Waals surface area (Å²) in [4.78, 5) is 11.9. The van der Waals surface area contributed by atoms with E-state index in [-0.39, 0.29) is 17.2 Å². The van der Waals surface area contributed by atoms with Crippen molar-refractivity contribution in [2.75, 3.05) is 5.33 Å². The van der Waals surface area contributed by atoms with Crippen molar-refractivity contribution < 1.29 is 22.7 Å². The fourth-order valence-corrected chi connectivity index (χ4v) is 2.48. The lowest BCUT2D eigenvalue weighted by atomic mass is 10.0. The molecule has 20 heavy (non-hydrogen) atoms. The van der Waals surface area contributed by atoms with E-state index in [0.717, 1.165) is 23.9 Å². The lowest BCUT2D eigenvalue weighted by Gasteiger charge is -2.25. The highest BCUT2D eigenvalue weighted by atomic mass is 79.9. The molecule has 0 aliphatic carbocycles. The highest BCUT2D eigenvalue weighted by molar-refractivity contribution is 9.09.